The van der Waals surface area contributed by atoms with Crippen LogP contribution in [0.3, 0.4) is 0 Å². The summed E-state index contributed by atoms with van der Waals surface area (Å²) in [7, 11) is 0. The van der Waals surface area contributed by atoms with Gasteiger partial charge in [-0.05, 0) is 85.9 Å². The highest BCUT2D eigenvalue weighted by atomic mass is 14.6. The van der Waals surface area contributed by atoms with Gasteiger partial charge in [0.1, 0.15) is 0 Å². The summed E-state index contributed by atoms with van der Waals surface area (Å²) in [5.74, 6) is 2.89. The molecule has 0 heteroatoms. The molecule has 0 N–H and O–H groups in total. The zero-order chi connectivity index (χ0) is 15.8. The molecule has 0 aromatic heterocycles. The summed E-state index contributed by atoms with van der Waals surface area (Å²) in [6.07, 6.45) is 15.2. The number of hydrogen-bond donors (Lipinski definition) is 0. The first-order valence-corrected chi connectivity index (χ1v) is 9.66. The van der Waals surface area contributed by atoms with E-state index in [4.69, 9.17) is 0 Å². The van der Waals surface area contributed by atoms with Crippen molar-refractivity contribution in [1.29, 1.82) is 0 Å². The molecule has 0 spiro atoms. The predicted molar refractivity (Wildman–Crippen MR) is 94.6 cm³/mol. The van der Waals surface area contributed by atoms with Gasteiger partial charge in [-0.25, -0.2) is 0 Å². The lowest BCUT2D eigenvalue weighted by Gasteiger charge is -2.59. The minimum absolute atomic E-state index is 0.441. The third-order valence-corrected chi connectivity index (χ3v) is 8.56. The van der Waals surface area contributed by atoms with Crippen LogP contribution in [-0.2, 0) is 0 Å². The number of rotatable bonds is 0. The number of fused-ring (bicyclic) bond motifs is 5. The van der Waals surface area contributed by atoms with E-state index < -0.39 is 0 Å². The molecular weight excluding hydrogens is 264 g/mol. The van der Waals surface area contributed by atoms with E-state index in [1.165, 1.54) is 44.9 Å². The summed E-state index contributed by atoms with van der Waals surface area (Å²) in [4.78, 5) is 0. The van der Waals surface area contributed by atoms with Crippen molar-refractivity contribution in [3.63, 3.8) is 0 Å². The Morgan fingerprint density at radius 3 is 2.45 bits per heavy atom. The van der Waals surface area contributed by atoms with E-state index in [1.54, 1.807) is 5.57 Å². The van der Waals surface area contributed by atoms with Crippen molar-refractivity contribution in [1.82, 2.24) is 0 Å². The molecule has 0 aromatic rings. The first-order valence-electron chi connectivity index (χ1n) is 9.66. The molecule has 5 atom stereocenters. The molecule has 3 unspecified atom stereocenters. The number of allylic oxidation sites excluding steroid dienone is 4. The summed E-state index contributed by atoms with van der Waals surface area (Å²) < 4.78 is 0. The minimum atomic E-state index is 0.441. The third kappa shape index (κ3) is 1.88. The van der Waals surface area contributed by atoms with Crippen LogP contribution in [0.2, 0.25) is 0 Å². The van der Waals surface area contributed by atoms with Crippen LogP contribution < -0.4 is 0 Å². The maximum atomic E-state index is 2.68. The average molecular weight is 299 g/mol. The van der Waals surface area contributed by atoms with Gasteiger partial charge in [-0.1, -0.05) is 51.0 Å². The van der Waals surface area contributed by atoms with E-state index in [-0.39, 0.29) is 0 Å². The maximum Gasteiger partial charge on any atom is -0.00849 e. The molecule has 0 bridgehead atoms. The fourth-order valence-electron chi connectivity index (χ4n) is 6.82. The summed E-state index contributed by atoms with van der Waals surface area (Å²) >= 11 is 0. The molecule has 0 saturated heterocycles. The Balaban J connectivity index is 1.68. The molecule has 0 aliphatic heterocycles. The fourth-order valence-corrected chi connectivity index (χ4v) is 6.82. The predicted octanol–water partition coefficient (Wildman–Crippen LogP) is 6.53. The molecular formula is C22H34. The lowest BCUT2D eigenvalue weighted by atomic mass is 9.46. The first-order chi connectivity index (χ1) is 10.3. The molecule has 2 fully saturated rings. The standard InChI is InChI=1S/C22H34/c1-15-6-9-18-17-8-7-16-14-20(2,3)12-13-22(16,5)19(17)10-11-21(15,18)4/h6,14,17-19H,7-13H2,1-5H3/t17?,18?,19?,21-,22+/m1/s1. The van der Waals surface area contributed by atoms with Gasteiger partial charge >= 0.3 is 0 Å². The Morgan fingerprint density at radius 2 is 1.68 bits per heavy atom. The lowest BCUT2D eigenvalue weighted by Crippen LogP contribution is -2.50. The van der Waals surface area contributed by atoms with Crippen molar-refractivity contribution in [3.8, 4) is 0 Å². The van der Waals surface area contributed by atoms with Crippen LogP contribution in [0, 0.1) is 34.0 Å². The van der Waals surface area contributed by atoms with E-state index in [9.17, 15) is 0 Å². The van der Waals surface area contributed by atoms with Crippen molar-refractivity contribution in [2.24, 2.45) is 34.0 Å². The second-order valence-corrected chi connectivity index (χ2v) is 10.1. The zero-order valence-electron chi connectivity index (χ0n) is 15.3. The zero-order valence-corrected chi connectivity index (χ0v) is 15.3. The summed E-state index contributed by atoms with van der Waals surface area (Å²) in [5, 5.41) is 0. The van der Waals surface area contributed by atoms with Gasteiger partial charge in [0, 0.05) is 0 Å². The van der Waals surface area contributed by atoms with Gasteiger partial charge in [-0.2, -0.15) is 0 Å². The topological polar surface area (TPSA) is 0 Å². The van der Waals surface area contributed by atoms with Gasteiger partial charge in [0.2, 0.25) is 0 Å². The van der Waals surface area contributed by atoms with Crippen LogP contribution in [0.4, 0.5) is 0 Å². The largest absolute Gasteiger partial charge is 0.0847 e. The van der Waals surface area contributed by atoms with Crippen molar-refractivity contribution in [2.75, 3.05) is 0 Å². The van der Waals surface area contributed by atoms with Crippen LogP contribution in [0.1, 0.15) is 79.6 Å². The first kappa shape index (κ1) is 15.0. The van der Waals surface area contributed by atoms with Gasteiger partial charge in [0.15, 0.2) is 0 Å². The molecule has 0 amide bonds. The van der Waals surface area contributed by atoms with E-state index in [1.807, 2.05) is 5.57 Å². The lowest BCUT2D eigenvalue weighted by molar-refractivity contribution is -0.0331. The molecule has 0 aromatic carbocycles. The molecule has 22 heavy (non-hydrogen) atoms. The van der Waals surface area contributed by atoms with E-state index >= 15 is 0 Å². The molecule has 4 rings (SSSR count). The van der Waals surface area contributed by atoms with Gasteiger partial charge in [-0.3, -0.25) is 0 Å². The van der Waals surface area contributed by atoms with Crippen molar-refractivity contribution >= 4 is 0 Å². The number of hydrogen-bond acceptors (Lipinski definition) is 0. The smallest absolute Gasteiger partial charge is 0.00849 e. The van der Waals surface area contributed by atoms with E-state index in [2.05, 4.69) is 46.8 Å². The molecule has 4 aliphatic carbocycles. The normalized spacial score (nSPS) is 49.6. The molecule has 122 valence electrons. The maximum absolute atomic E-state index is 2.68. The molecule has 0 radical (unpaired) electrons. The van der Waals surface area contributed by atoms with Crippen molar-refractivity contribution in [3.05, 3.63) is 23.3 Å². The van der Waals surface area contributed by atoms with Gasteiger partial charge < -0.3 is 0 Å². The van der Waals surface area contributed by atoms with Crippen LogP contribution in [0.25, 0.3) is 0 Å². The second-order valence-electron chi connectivity index (χ2n) is 10.1. The molecule has 4 aliphatic rings. The average Bonchev–Trinajstić information content (AvgIpc) is 2.76. The van der Waals surface area contributed by atoms with Crippen molar-refractivity contribution < 1.29 is 0 Å². The highest BCUT2D eigenvalue weighted by molar-refractivity contribution is 5.29. The van der Waals surface area contributed by atoms with E-state index in [0.29, 0.717) is 16.2 Å². The fraction of sp³-hybridized carbons (Fsp3) is 0.818. The molecule has 0 heterocycles. The van der Waals surface area contributed by atoms with Crippen LogP contribution >= 0.6 is 0 Å². The minimum Gasteiger partial charge on any atom is -0.0847 e. The highest BCUT2D eigenvalue weighted by Gasteiger charge is 2.56. The molecule has 2 saturated carbocycles. The van der Waals surface area contributed by atoms with Crippen LogP contribution in [-0.4, -0.2) is 0 Å². The Bertz CT molecular complexity index is 548. The van der Waals surface area contributed by atoms with Gasteiger partial charge in [0.05, 0.1) is 0 Å². The highest BCUT2D eigenvalue weighted by Crippen LogP contribution is 2.66. The van der Waals surface area contributed by atoms with Crippen molar-refractivity contribution in [2.45, 2.75) is 79.6 Å². The summed E-state index contributed by atoms with van der Waals surface area (Å²) in [6, 6.07) is 0. The Hall–Kier alpha value is -0.520. The Morgan fingerprint density at radius 1 is 0.909 bits per heavy atom. The quantitative estimate of drug-likeness (QED) is 0.446. The van der Waals surface area contributed by atoms with Gasteiger partial charge in [0.25, 0.3) is 0 Å². The third-order valence-electron chi connectivity index (χ3n) is 8.56. The Kier molecular flexibility index (Phi) is 3.09. The monoisotopic (exact) mass is 298 g/mol. The Labute approximate surface area is 137 Å². The van der Waals surface area contributed by atoms with Crippen LogP contribution in [0.5, 0.6) is 0 Å². The van der Waals surface area contributed by atoms with E-state index in [0.717, 1.165) is 17.8 Å². The SMILES string of the molecule is CC1=CCC2C3CCC4=CC(C)(C)CC[C@]4(C)C3CC[C@]12C. The second kappa shape index (κ2) is 4.52. The van der Waals surface area contributed by atoms with Gasteiger partial charge in [-0.15, -0.1) is 0 Å². The molecule has 0 nitrogen and oxygen atoms in total. The summed E-state index contributed by atoms with van der Waals surface area (Å²) in [6.45, 7) is 12.5. The summed E-state index contributed by atoms with van der Waals surface area (Å²) in [5.41, 5.74) is 5.03. The van der Waals surface area contributed by atoms with Crippen LogP contribution in [0.15, 0.2) is 23.3 Å².